The molecular formula is C12H19N3O. The van der Waals surface area contributed by atoms with Crippen molar-refractivity contribution in [3.63, 3.8) is 0 Å². The molecule has 4 heteroatoms. The van der Waals surface area contributed by atoms with Crippen LogP contribution in [0.1, 0.15) is 36.8 Å². The van der Waals surface area contributed by atoms with E-state index in [9.17, 15) is 0 Å². The van der Waals surface area contributed by atoms with Gasteiger partial charge < -0.3 is 10.1 Å². The van der Waals surface area contributed by atoms with Crippen LogP contribution in [0.25, 0.3) is 0 Å². The van der Waals surface area contributed by atoms with Crippen LogP contribution in [0.2, 0.25) is 0 Å². The quantitative estimate of drug-likeness (QED) is 0.844. The molecule has 4 nitrogen and oxygen atoms in total. The standard InChI is InChI=1S/C12H19N3O/c1-3-4-5-11-14-10-6-7-16-8-9(10)12(13-2)15-11/h3-8H2,1-2H3,(H,13,14,15). The van der Waals surface area contributed by atoms with Crippen molar-refractivity contribution >= 4 is 5.82 Å². The second-order valence-corrected chi connectivity index (χ2v) is 4.07. The smallest absolute Gasteiger partial charge is 0.135 e. The molecule has 0 fully saturated rings. The van der Waals surface area contributed by atoms with Crippen LogP contribution >= 0.6 is 0 Å². The highest BCUT2D eigenvalue weighted by molar-refractivity contribution is 5.46. The van der Waals surface area contributed by atoms with E-state index < -0.39 is 0 Å². The number of aromatic nitrogens is 2. The number of ether oxygens (including phenoxy) is 1. The summed E-state index contributed by atoms with van der Waals surface area (Å²) in [7, 11) is 1.90. The van der Waals surface area contributed by atoms with Gasteiger partial charge in [-0.1, -0.05) is 13.3 Å². The fourth-order valence-corrected chi connectivity index (χ4v) is 1.94. The predicted molar refractivity (Wildman–Crippen MR) is 63.6 cm³/mol. The molecule has 0 spiro atoms. The summed E-state index contributed by atoms with van der Waals surface area (Å²) in [6.07, 6.45) is 4.21. The Morgan fingerprint density at radius 2 is 2.25 bits per heavy atom. The minimum absolute atomic E-state index is 0.638. The van der Waals surface area contributed by atoms with Crippen LogP contribution in [0.4, 0.5) is 5.82 Å². The van der Waals surface area contributed by atoms with E-state index in [0.29, 0.717) is 6.61 Å². The van der Waals surface area contributed by atoms with E-state index in [1.165, 1.54) is 6.42 Å². The summed E-state index contributed by atoms with van der Waals surface area (Å²) in [4.78, 5) is 9.17. The summed E-state index contributed by atoms with van der Waals surface area (Å²) in [6, 6.07) is 0. The predicted octanol–water partition coefficient (Wildman–Crippen LogP) is 1.93. The third-order valence-electron chi connectivity index (χ3n) is 2.86. The monoisotopic (exact) mass is 221 g/mol. The van der Waals surface area contributed by atoms with Crippen molar-refractivity contribution in [3.8, 4) is 0 Å². The topological polar surface area (TPSA) is 47.0 Å². The lowest BCUT2D eigenvalue weighted by Gasteiger charge is -2.19. The highest BCUT2D eigenvalue weighted by atomic mass is 16.5. The molecule has 0 radical (unpaired) electrons. The van der Waals surface area contributed by atoms with Gasteiger partial charge in [0.05, 0.1) is 18.9 Å². The summed E-state index contributed by atoms with van der Waals surface area (Å²) >= 11 is 0. The number of hydrogen-bond donors (Lipinski definition) is 1. The Kier molecular flexibility index (Phi) is 3.72. The summed E-state index contributed by atoms with van der Waals surface area (Å²) in [6.45, 7) is 3.60. The molecule has 2 heterocycles. The molecule has 1 aromatic heterocycles. The molecule has 1 N–H and O–H groups in total. The van der Waals surface area contributed by atoms with E-state index >= 15 is 0 Å². The van der Waals surface area contributed by atoms with E-state index in [2.05, 4.69) is 22.2 Å². The summed E-state index contributed by atoms with van der Waals surface area (Å²) in [5.41, 5.74) is 2.30. The molecule has 1 aromatic rings. The fourth-order valence-electron chi connectivity index (χ4n) is 1.94. The Bertz CT molecular complexity index is 348. The van der Waals surface area contributed by atoms with Gasteiger partial charge in [-0.2, -0.15) is 0 Å². The first-order valence-corrected chi connectivity index (χ1v) is 5.99. The lowest BCUT2D eigenvalue weighted by Crippen LogP contribution is -2.17. The number of rotatable bonds is 4. The van der Waals surface area contributed by atoms with Crippen LogP contribution < -0.4 is 5.32 Å². The average Bonchev–Trinajstić information content (AvgIpc) is 2.35. The lowest BCUT2D eigenvalue weighted by atomic mass is 10.1. The molecule has 0 aromatic carbocycles. The third kappa shape index (κ3) is 2.32. The maximum atomic E-state index is 5.44. The number of hydrogen-bond acceptors (Lipinski definition) is 4. The van der Waals surface area contributed by atoms with Crippen LogP contribution in [-0.4, -0.2) is 23.6 Å². The summed E-state index contributed by atoms with van der Waals surface area (Å²) in [5.74, 6) is 1.91. The zero-order valence-corrected chi connectivity index (χ0v) is 10.0. The van der Waals surface area contributed by atoms with E-state index in [1.54, 1.807) is 0 Å². The van der Waals surface area contributed by atoms with Crippen molar-refractivity contribution in [1.82, 2.24) is 9.97 Å². The van der Waals surface area contributed by atoms with Gasteiger partial charge in [0, 0.05) is 25.5 Å². The second kappa shape index (κ2) is 5.25. The molecule has 0 amide bonds. The number of unbranched alkanes of at least 4 members (excludes halogenated alkanes) is 1. The molecular weight excluding hydrogens is 202 g/mol. The third-order valence-corrected chi connectivity index (χ3v) is 2.86. The maximum absolute atomic E-state index is 5.44. The molecule has 2 rings (SSSR count). The largest absolute Gasteiger partial charge is 0.376 e. The number of nitrogens with zero attached hydrogens (tertiary/aromatic N) is 2. The van der Waals surface area contributed by atoms with Gasteiger partial charge in [-0.25, -0.2) is 9.97 Å². The molecule has 0 aliphatic carbocycles. The maximum Gasteiger partial charge on any atom is 0.135 e. The van der Waals surface area contributed by atoms with Crippen LogP contribution in [0.3, 0.4) is 0 Å². The van der Waals surface area contributed by atoms with Crippen LogP contribution in [0.5, 0.6) is 0 Å². The molecule has 1 aliphatic heterocycles. The molecule has 0 bridgehead atoms. The Labute approximate surface area is 96.4 Å². The minimum Gasteiger partial charge on any atom is -0.376 e. The first kappa shape index (κ1) is 11.3. The van der Waals surface area contributed by atoms with Crippen molar-refractivity contribution in [2.24, 2.45) is 0 Å². The van der Waals surface area contributed by atoms with Crippen LogP contribution in [-0.2, 0) is 24.2 Å². The molecule has 0 saturated carbocycles. The van der Waals surface area contributed by atoms with E-state index in [1.807, 2.05) is 7.05 Å². The Morgan fingerprint density at radius 1 is 1.38 bits per heavy atom. The van der Waals surface area contributed by atoms with Crippen molar-refractivity contribution in [1.29, 1.82) is 0 Å². The summed E-state index contributed by atoms with van der Waals surface area (Å²) in [5, 5.41) is 3.14. The zero-order chi connectivity index (χ0) is 11.4. The first-order chi connectivity index (χ1) is 7.85. The lowest BCUT2D eigenvalue weighted by molar-refractivity contribution is 0.109. The van der Waals surface area contributed by atoms with Gasteiger partial charge in [0.1, 0.15) is 11.6 Å². The van der Waals surface area contributed by atoms with Gasteiger partial charge in [0.2, 0.25) is 0 Å². The molecule has 16 heavy (non-hydrogen) atoms. The molecule has 0 saturated heterocycles. The fraction of sp³-hybridized carbons (Fsp3) is 0.667. The molecule has 88 valence electrons. The SMILES string of the molecule is CCCCc1nc2c(c(NC)n1)COCC2. The van der Waals surface area contributed by atoms with Crippen molar-refractivity contribution in [2.45, 2.75) is 39.2 Å². The number of aryl methyl sites for hydroxylation is 1. The van der Waals surface area contributed by atoms with E-state index in [0.717, 1.165) is 48.8 Å². The minimum atomic E-state index is 0.638. The van der Waals surface area contributed by atoms with Gasteiger partial charge in [0.15, 0.2) is 0 Å². The normalized spacial score (nSPS) is 14.6. The summed E-state index contributed by atoms with van der Waals surface area (Å²) < 4.78 is 5.44. The van der Waals surface area contributed by atoms with Crippen molar-refractivity contribution in [3.05, 3.63) is 17.1 Å². The van der Waals surface area contributed by atoms with Crippen LogP contribution in [0, 0.1) is 0 Å². The Hall–Kier alpha value is -1.16. The van der Waals surface area contributed by atoms with Gasteiger partial charge in [-0.15, -0.1) is 0 Å². The number of nitrogens with one attached hydrogen (secondary N) is 1. The highest BCUT2D eigenvalue weighted by Crippen LogP contribution is 2.22. The Morgan fingerprint density at radius 3 is 3.00 bits per heavy atom. The highest BCUT2D eigenvalue weighted by Gasteiger charge is 2.17. The molecule has 0 unspecified atom stereocenters. The van der Waals surface area contributed by atoms with Crippen LogP contribution in [0.15, 0.2) is 0 Å². The van der Waals surface area contributed by atoms with E-state index in [-0.39, 0.29) is 0 Å². The average molecular weight is 221 g/mol. The van der Waals surface area contributed by atoms with E-state index in [4.69, 9.17) is 4.74 Å². The molecule has 1 aliphatic rings. The van der Waals surface area contributed by atoms with Gasteiger partial charge in [-0.05, 0) is 6.42 Å². The number of anilines is 1. The second-order valence-electron chi connectivity index (χ2n) is 4.07. The molecule has 0 atom stereocenters. The van der Waals surface area contributed by atoms with Gasteiger partial charge >= 0.3 is 0 Å². The van der Waals surface area contributed by atoms with Crippen molar-refractivity contribution < 1.29 is 4.74 Å². The zero-order valence-electron chi connectivity index (χ0n) is 10.0. The Balaban J connectivity index is 2.28. The van der Waals surface area contributed by atoms with Gasteiger partial charge in [-0.3, -0.25) is 0 Å². The van der Waals surface area contributed by atoms with Gasteiger partial charge in [0.25, 0.3) is 0 Å². The van der Waals surface area contributed by atoms with Crippen molar-refractivity contribution in [2.75, 3.05) is 19.0 Å². The number of fused-ring (bicyclic) bond motifs is 1. The first-order valence-electron chi connectivity index (χ1n) is 5.99.